The van der Waals surface area contributed by atoms with E-state index in [0.717, 1.165) is 26.9 Å². The maximum atomic E-state index is 4.68. The Bertz CT molecular complexity index is 728. The number of nitrogens with zero attached hydrogens (tertiary/aromatic N) is 1. The van der Waals surface area contributed by atoms with Crippen molar-refractivity contribution >= 4 is 27.0 Å². The maximum absolute atomic E-state index is 4.68. The summed E-state index contributed by atoms with van der Waals surface area (Å²) in [6.45, 7) is 4.18. The molecule has 0 unspecified atom stereocenters. The Labute approximate surface area is 114 Å². The Morgan fingerprint density at radius 1 is 1.11 bits per heavy atom. The van der Waals surface area contributed by atoms with Gasteiger partial charge in [0.05, 0.1) is 5.52 Å². The molecule has 0 fully saturated rings. The number of H-pyrrole nitrogens is 1. The van der Waals surface area contributed by atoms with Gasteiger partial charge in [-0.15, -0.1) is 0 Å². The van der Waals surface area contributed by atoms with Crippen molar-refractivity contribution < 1.29 is 0 Å². The molecule has 3 heteroatoms. The van der Waals surface area contributed by atoms with Crippen LogP contribution in [0.3, 0.4) is 0 Å². The number of hydrogen-bond acceptors (Lipinski definition) is 1. The lowest BCUT2D eigenvalue weighted by Gasteiger charge is -2.00. The highest BCUT2D eigenvalue weighted by Gasteiger charge is 2.09. The molecular weight excluding hydrogens is 288 g/mol. The summed E-state index contributed by atoms with van der Waals surface area (Å²) in [5.41, 5.74) is 5.65. The summed E-state index contributed by atoms with van der Waals surface area (Å²) in [7, 11) is 0. The molecule has 2 aromatic carbocycles. The summed E-state index contributed by atoms with van der Waals surface area (Å²) >= 11 is 3.57. The van der Waals surface area contributed by atoms with Gasteiger partial charge in [-0.05, 0) is 53.0 Å². The number of nitrogens with one attached hydrogen (secondary N) is 1. The SMILES string of the molecule is Cc1cc(Br)c2nc(-c3ccccc3C)[nH]c2c1. The number of imidazole rings is 1. The van der Waals surface area contributed by atoms with Crippen molar-refractivity contribution in [3.8, 4) is 11.4 Å². The van der Waals surface area contributed by atoms with Crippen LogP contribution in [0.1, 0.15) is 11.1 Å². The molecule has 2 nitrogen and oxygen atoms in total. The highest BCUT2D eigenvalue weighted by molar-refractivity contribution is 9.10. The largest absolute Gasteiger partial charge is 0.338 e. The average molecular weight is 301 g/mol. The third kappa shape index (κ3) is 1.85. The predicted octanol–water partition coefficient (Wildman–Crippen LogP) is 4.61. The molecule has 0 aliphatic rings. The van der Waals surface area contributed by atoms with Crippen LogP contribution in [-0.2, 0) is 0 Å². The van der Waals surface area contributed by atoms with Gasteiger partial charge >= 0.3 is 0 Å². The second-order valence-corrected chi connectivity index (χ2v) is 5.40. The van der Waals surface area contributed by atoms with Crippen molar-refractivity contribution in [3.63, 3.8) is 0 Å². The van der Waals surface area contributed by atoms with Crippen LogP contribution in [-0.4, -0.2) is 9.97 Å². The first-order chi connectivity index (χ1) is 8.65. The Morgan fingerprint density at radius 3 is 2.67 bits per heavy atom. The number of fused-ring (bicyclic) bond motifs is 1. The summed E-state index contributed by atoms with van der Waals surface area (Å²) in [5, 5.41) is 0. The third-order valence-electron chi connectivity index (χ3n) is 3.08. The normalized spacial score (nSPS) is 11.1. The van der Waals surface area contributed by atoms with Crippen LogP contribution in [0.2, 0.25) is 0 Å². The number of aromatic amines is 1. The fourth-order valence-corrected chi connectivity index (χ4v) is 2.84. The minimum absolute atomic E-state index is 0.925. The summed E-state index contributed by atoms with van der Waals surface area (Å²) in [6.07, 6.45) is 0. The number of aryl methyl sites for hydroxylation is 2. The zero-order chi connectivity index (χ0) is 12.7. The van der Waals surface area contributed by atoms with Crippen molar-refractivity contribution in [2.45, 2.75) is 13.8 Å². The van der Waals surface area contributed by atoms with Crippen LogP contribution >= 0.6 is 15.9 Å². The molecule has 0 atom stereocenters. The molecule has 0 bridgehead atoms. The monoisotopic (exact) mass is 300 g/mol. The quantitative estimate of drug-likeness (QED) is 0.698. The third-order valence-corrected chi connectivity index (χ3v) is 3.69. The summed E-state index contributed by atoms with van der Waals surface area (Å²) in [4.78, 5) is 8.08. The smallest absolute Gasteiger partial charge is 0.138 e. The first-order valence-electron chi connectivity index (χ1n) is 5.87. The number of rotatable bonds is 1. The highest BCUT2D eigenvalue weighted by atomic mass is 79.9. The van der Waals surface area contributed by atoms with Gasteiger partial charge in [0.25, 0.3) is 0 Å². The highest BCUT2D eigenvalue weighted by Crippen LogP contribution is 2.28. The van der Waals surface area contributed by atoms with Crippen LogP contribution in [0, 0.1) is 13.8 Å². The lowest BCUT2D eigenvalue weighted by atomic mass is 10.1. The van der Waals surface area contributed by atoms with E-state index in [-0.39, 0.29) is 0 Å². The first-order valence-corrected chi connectivity index (χ1v) is 6.66. The molecule has 0 spiro atoms. The molecule has 0 aliphatic carbocycles. The van der Waals surface area contributed by atoms with Crippen LogP contribution in [0.4, 0.5) is 0 Å². The van der Waals surface area contributed by atoms with Crippen LogP contribution in [0.5, 0.6) is 0 Å². The first kappa shape index (κ1) is 11.5. The van der Waals surface area contributed by atoms with E-state index in [4.69, 9.17) is 0 Å². The van der Waals surface area contributed by atoms with Crippen molar-refractivity contribution in [3.05, 3.63) is 52.0 Å². The Kier molecular flexibility index (Phi) is 2.71. The molecule has 0 saturated carbocycles. The minimum Gasteiger partial charge on any atom is -0.338 e. The molecule has 1 aromatic heterocycles. The van der Waals surface area contributed by atoms with Crippen molar-refractivity contribution in [1.82, 2.24) is 9.97 Å². The van der Waals surface area contributed by atoms with Crippen molar-refractivity contribution in [2.75, 3.05) is 0 Å². The minimum atomic E-state index is 0.925. The van der Waals surface area contributed by atoms with Crippen LogP contribution in [0.15, 0.2) is 40.9 Å². The van der Waals surface area contributed by atoms with Gasteiger partial charge in [0.1, 0.15) is 11.3 Å². The van der Waals surface area contributed by atoms with E-state index in [9.17, 15) is 0 Å². The molecule has 18 heavy (non-hydrogen) atoms. The summed E-state index contributed by atoms with van der Waals surface area (Å²) in [6, 6.07) is 12.5. The van der Waals surface area contributed by atoms with Crippen LogP contribution < -0.4 is 0 Å². The van der Waals surface area contributed by atoms with Gasteiger partial charge in [-0.2, -0.15) is 0 Å². The zero-order valence-corrected chi connectivity index (χ0v) is 11.9. The standard InChI is InChI=1S/C15H13BrN2/c1-9-7-12(16)14-13(8-9)17-15(18-14)11-6-4-3-5-10(11)2/h3-8H,1-2H3,(H,17,18). The van der Waals surface area contributed by atoms with Gasteiger partial charge in [-0.3, -0.25) is 0 Å². The van der Waals surface area contributed by atoms with Gasteiger partial charge in [-0.1, -0.05) is 24.3 Å². The zero-order valence-electron chi connectivity index (χ0n) is 10.3. The fraction of sp³-hybridized carbons (Fsp3) is 0.133. The molecule has 3 aromatic rings. The topological polar surface area (TPSA) is 28.7 Å². The van der Waals surface area contributed by atoms with E-state index in [1.165, 1.54) is 11.1 Å². The number of hydrogen-bond donors (Lipinski definition) is 1. The van der Waals surface area contributed by atoms with E-state index in [1.807, 2.05) is 12.1 Å². The molecular formula is C15H13BrN2. The molecule has 0 aliphatic heterocycles. The second-order valence-electron chi connectivity index (χ2n) is 4.54. The molecule has 90 valence electrons. The molecule has 0 saturated heterocycles. The van der Waals surface area contributed by atoms with Gasteiger partial charge in [0.15, 0.2) is 0 Å². The number of benzene rings is 2. The summed E-state index contributed by atoms with van der Waals surface area (Å²) < 4.78 is 1.04. The Balaban J connectivity index is 2.26. The Hall–Kier alpha value is -1.61. The fourth-order valence-electron chi connectivity index (χ4n) is 2.18. The van der Waals surface area contributed by atoms with E-state index in [0.29, 0.717) is 0 Å². The van der Waals surface area contributed by atoms with Crippen molar-refractivity contribution in [2.24, 2.45) is 0 Å². The second kappa shape index (κ2) is 4.25. The lowest BCUT2D eigenvalue weighted by Crippen LogP contribution is -1.83. The van der Waals surface area contributed by atoms with E-state index in [2.05, 4.69) is 64.0 Å². The van der Waals surface area contributed by atoms with Gasteiger partial charge in [0.2, 0.25) is 0 Å². The van der Waals surface area contributed by atoms with Crippen molar-refractivity contribution in [1.29, 1.82) is 0 Å². The van der Waals surface area contributed by atoms with E-state index < -0.39 is 0 Å². The average Bonchev–Trinajstić information content (AvgIpc) is 2.73. The molecule has 1 heterocycles. The predicted molar refractivity (Wildman–Crippen MR) is 78.7 cm³/mol. The molecule has 3 rings (SSSR count). The Morgan fingerprint density at radius 2 is 1.89 bits per heavy atom. The lowest BCUT2D eigenvalue weighted by molar-refractivity contribution is 1.31. The van der Waals surface area contributed by atoms with Gasteiger partial charge in [0, 0.05) is 10.0 Å². The van der Waals surface area contributed by atoms with Gasteiger partial charge < -0.3 is 4.98 Å². The van der Waals surface area contributed by atoms with Gasteiger partial charge in [-0.25, -0.2) is 4.98 Å². The summed E-state index contributed by atoms with van der Waals surface area (Å²) in [5.74, 6) is 0.925. The number of halogens is 1. The maximum Gasteiger partial charge on any atom is 0.138 e. The number of aromatic nitrogens is 2. The molecule has 0 amide bonds. The van der Waals surface area contributed by atoms with E-state index in [1.54, 1.807) is 0 Å². The van der Waals surface area contributed by atoms with Crippen LogP contribution in [0.25, 0.3) is 22.4 Å². The molecule has 0 radical (unpaired) electrons. The molecule has 1 N–H and O–H groups in total. The van der Waals surface area contributed by atoms with E-state index >= 15 is 0 Å².